The summed E-state index contributed by atoms with van der Waals surface area (Å²) in [4.78, 5) is 38.6. The Morgan fingerprint density at radius 3 is 2.87 bits per heavy atom. The van der Waals surface area contributed by atoms with Crippen LogP contribution in [0.5, 0.6) is 0 Å². The van der Waals surface area contributed by atoms with Crippen LogP contribution in [-0.2, 0) is 4.79 Å². The lowest BCUT2D eigenvalue weighted by Gasteiger charge is -2.34. The van der Waals surface area contributed by atoms with E-state index in [1.807, 2.05) is 22.8 Å². The molecular weight excluding hydrogens is 420 g/mol. The van der Waals surface area contributed by atoms with Crippen LogP contribution in [0.15, 0.2) is 30.9 Å². The summed E-state index contributed by atoms with van der Waals surface area (Å²) in [6.07, 6.45) is 9.79. The molecule has 2 N–H and O–H groups in total. The average Bonchev–Trinajstić information content (AvgIpc) is 3.27. The maximum Gasteiger partial charge on any atom is 0.251 e. The smallest absolute Gasteiger partial charge is 0.251 e. The van der Waals surface area contributed by atoms with Crippen molar-refractivity contribution in [2.45, 2.75) is 44.2 Å². The van der Waals surface area contributed by atoms with E-state index in [0.717, 1.165) is 25.1 Å². The summed E-state index contributed by atoms with van der Waals surface area (Å²) in [6, 6.07) is 2.14. The van der Waals surface area contributed by atoms with Gasteiger partial charge in [-0.25, -0.2) is 4.98 Å². The summed E-state index contributed by atoms with van der Waals surface area (Å²) in [5.41, 5.74) is -0.863. The number of amides is 1. The van der Waals surface area contributed by atoms with Crippen LogP contribution in [0.25, 0.3) is 0 Å². The molecule has 1 saturated carbocycles. The van der Waals surface area contributed by atoms with E-state index < -0.39 is 5.54 Å². The van der Waals surface area contributed by atoms with Gasteiger partial charge in [0, 0.05) is 31.0 Å². The highest BCUT2D eigenvalue weighted by molar-refractivity contribution is 6.28. The third kappa shape index (κ3) is 3.76. The van der Waals surface area contributed by atoms with Gasteiger partial charge >= 0.3 is 0 Å². The molecule has 0 spiro atoms. The number of aromatic amines is 1. The minimum absolute atomic E-state index is 0.0775. The zero-order valence-corrected chi connectivity index (χ0v) is 17.6. The zero-order valence-electron chi connectivity index (χ0n) is 16.9. The average molecular weight is 441 g/mol. The predicted molar refractivity (Wildman–Crippen MR) is 114 cm³/mol. The number of rotatable bonds is 6. The Kier molecular flexibility index (Phi) is 4.89. The van der Waals surface area contributed by atoms with Crippen LogP contribution in [0, 0.1) is 0 Å². The highest BCUT2D eigenvalue weighted by atomic mass is 35.5. The van der Waals surface area contributed by atoms with Crippen LogP contribution in [0.4, 0.5) is 23.5 Å². The van der Waals surface area contributed by atoms with Crippen molar-refractivity contribution in [2.24, 2.45) is 0 Å². The van der Waals surface area contributed by atoms with Gasteiger partial charge in [0.25, 0.3) is 5.91 Å². The first-order valence-corrected chi connectivity index (χ1v) is 10.5. The molecule has 1 atom stereocenters. The van der Waals surface area contributed by atoms with E-state index >= 15 is 0 Å². The molecule has 1 aliphatic carbocycles. The van der Waals surface area contributed by atoms with Gasteiger partial charge in [0.2, 0.25) is 17.2 Å². The highest BCUT2D eigenvalue weighted by Crippen LogP contribution is 2.38. The second kappa shape index (κ2) is 7.73. The van der Waals surface area contributed by atoms with Crippen molar-refractivity contribution < 1.29 is 4.79 Å². The number of hydrogen-bond donors (Lipinski definition) is 2. The van der Waals surface area contributed by atoms with Crippen LogP contribution < -0.4 is 15.1 Å². The van der Waals surface area contributed by atoms with E-state index in [4.69, 9.17) is 16.6 Å². The normalized spacial score (nSPS) is 20.6. The topological polar surface area (TPSA) is 129 Å². The first kappa shape index (κ1) is 19.6. The molecular formula is C19H21ClN10O. The summed E-state index contributed by atoms with van der Waals surface area (Å²) < 4.78 is 0. The number of hydrogen-bond acceptors (Lipinski definition) is 9. The fraction of sp³-hybridized carbons (Fsp3) is 0.421. The molecule has 0 bridgehead atoms. The highest BCUT2D eigenvalue weighted by Gasteiger charge is 2.45. The van der Waals surface area contributed by atoms with Gasteiger partial charge < -0.3 is 10.2 Å². The van der Waals surface area contributed by atoms with Gasteiger partial charge in [0.1, 0.15) is 11.4 Å². The summed E-state index contributed by atoms with van der Waals surface area (Å²) in [6.45, 7) is 2.49. The Balaban J connectivity index is 1.47. The Labute approximate surface area is 183 Å². The van der Waals surface area contributed by atoms with Gasteiger partial charge in [0.15, 0.2) is 5.82 Å². The van der Waals surface area contributed by atoms with Crippen molar-refractivity contribution >= 4 is 41.0 Å². The summed E-state index contributed by atoms with van der Waals surface area (Å²) in [5.74, 6) is 1.80. The molecule has 1 amide bonds. The van der Waals surface area contributed by atoms with Crippen LogP contribution in [0.1, 0.15) is 32.6 Å². The van der Waals surface area contributed by atoms with Crippen molar-refractivity contribution in [3.8, 4) is 0 Å². The molecule has 1 unspecified atom stereocenters. The lowest BCUT2D eigenvalue weighted by Crippen LogP contribution is -2.52. The monoisotopic (exact) mass is 440 g/mol. The Hall–Kier alpha value is -3.34. The minimum Gasteiger partial charge on any atom is -0.326 e. The Morgan fingerprint density at radius 2 is 2.16 bits per heavy atom. The number of nitrogens with zero attached hydrogens (tertiary/aromatic N) is 8. The van der Waals surface area contributed by atoms with Crippen molar-refractivity contribution in [2.75, 3.05) is 21.7 Å². The van der Waals surface area contributed by atoms with Gasteiger partial charge in [-0.1, -0.05) is 0 Å². The molecule has 2 aliphatic rings. The fourth-order valence-corrected chi connectivity index (χ4v) is 4.03. The molecule has 160 valence electrons. The van der Waals surface area contributed by atoms with E-state index in [-0.39, 0.29) is 17.2 Å². The number of anilines is 4. The van der Waals surface area contributed by atoms with Crippen molar-refractivity contribution in [1.29, 1.82) is 0 Å². The summed E-state index contributed by atoms with van der Waals surface area (Å²) in [5, 5.41) is 9.93. The van der Waals surface area contributed by atoms with E-state index in [1.54, 1.807) is 12.4 Å². The second-order valence-corrected chi connectivity index (χ2v) is 8.16. The molecule has 1 saturated heterocycles. The third-order valence-electron chi connectivity index (χ3n) is 5.63. The fourth-order valence-electron chi connectivity index (χ4n) is 3.88. The second-order valence-electron chi connectivity index (χ2n) is 7.82. The Bertz CT molecular complexity index is 1070. The molecule has 3 aromatic heterocycles. The molecule has 1 aliphatic heterocycles. The van der Waals surface area contributed by atoms with Gasteiger partial charge in [0.05, 0.1) is 12.4 Å². The van der Waals surface area contributed by atoms with Gasteiger partial charge in [-0.15, -0.1) is 0 Å². The van der Waals surface area contributed by atoms with Crippen LogP contribution in [0.2, 0.25) is 5.28 Å². The first-order valence-electron chi connectivity index (χ1n) is 10.1. The van der Waals surface area contributed by atoms with Gasteiger partial charge in [-0.2, -0.15) is 20.1 Å². The van der Waals surface area contributed by atoms with Gasteiger partial charge in [-0.3, -0.25) is 19.8 Å². The largest absolute Gasteiger partial charge is 0.326 e. The number of carbonyl (C=O) groups excluding carboxylic acids is 1. The number of carbonyl (C=O) groups is 1. The maximum atomic E-state index is 13.2. The summed E-state index contributed by atoms with van der Waals surface area (Å²) in [7, 11) is 0. The third-order valence-corrected chi connectivity index (χ3v) is 5.80. The maximum absolute atomic E-state index is 13.2. The number of nitrogens with one attached hydrogen (secondary N) is 2. The van der Waals surface area contributed by atoms with E-state index in [1.165, 1.54) is 12.4 Å². The zero-order chi connectivity index (χ0) is 21.4. The van der Waals surface area contributed by atoms with Crippen molar-refractivity contribution in [1.82, 2.24) is 35.1 Å². The number of aromatic nitrogens is 7. The number of H-pyrrole nitrogens is 1. The molecule has 4 heterocycles. The molecule has 3 aromatic rings. The SMILES string of the molecule is CC1(C(=O)Nc2cnccn2)CCCN1c1nc(Cl)nc(N(c2ccn[nH]2)C2CC2)n1. The standard InChI is InChI=1S/C19H21ClN10O/c1-19(15(31)24-13-11-21-8-9-22-13)6-2-10-29(19)17-25-16(20)26-18(27-17)30(12-3-4-12)14-5-7-23-28-14/h5,7-9,11-12H,2-4,6,10H2,1H3,(H,23,28)(H,22,24,31). The van der Waals surface area contributed by atoms with Crippen molar-refractivity contribution in [3.05, 3.63) is 36.1 Å². The molecule has 2 fully saturated rings. The summed E-state index contributed by atoms with van der Waals surface area (Å²) >= 11 is 6.30. The van der Waals surface area contributed by atoms with Crippen LogP contribution >= 0.6 is 11.6 Å². The lowest BCUT2D eigenvalue weighted by molar-refractivity contribution is -0.120. The van der Waals surface area contributed by atoms with Crippen molar-refractivity contribution in [3.63, 3.8) is 0 Å². The van der Waals surface area contributed by atoms with Crippen LogP contribution in [-0.4, -0.2) is 59.1 Å². The predicted octanol–water partition coefficient (Wildman–Crippen LogP) is 2.34. The molecule has 11 nitrogen and oxygen atoms in total. The van der Waals surface area contributed by atoms with E-state index in [9.17, 15) is 4.79 Å². The molecule has 31 heavy (non-hydrogen) atoms. The van der Waals surface area contributed by atoms with Gasteiger partial charge in [-0.05, 0) is 44.2 Å². The molecule has 0 radical (unpaired) electrons. The Morgan fingerprint density at radius 1 is 1.29 bits per heavy atom. The molecule has 0 aromatic carbocycles. The molecule has 5 rings (SSSR count). The quantitative estimate of drug-likeness (QED) is 0.593. The number of halogens is 1. The van der Waals surface area contributed by atoms with E-state index in [0.29, 0.717) is 30.7 Å². The van der Waals surface area contributed by atoms with Crippen LogP contribution in [0.3, 0.4) is 0 Å². The lowest BCUT2D eigenvalue weighted by atomic mass is 9.98. The molecule has 12 heteroatoms. The minimum atomic E-state index is -0.863. The first-order chi connectivity index (χ1) is 15.0. The van der Waals surface area contributed by atoms with E-state index in [2.05, 4.69) is 35.5 Å².